The van der Waals surface area contributed by atoms with E-state index < -0.39 is 0 Å². The van der Waals surface area contributed by atoms with E-state index in [1.54, 1.807) is 5.01 Å². The first-order valence-corrected chi connectivity index (χ1v) is 14.0. The summed E-state index contributed by atoms with van der Waals surface area (Å²) in [4.78, 5) is 28.4. The molecule has 0 unspecified atom stereocenters. The van der Waals surface area contributed by atoms with Crippen molar-refractivity contribution in [3.8, 4) is 10.6 Å². The number of hydrogen-bond donors (Lipinski definition) is 1. The van der Waals surface area contributed by atoms with Crippen LogP contribution in [0.4, 0.5) is 5.69 Å². The molecule has 0 aliphatic carbocycles. The first-order chi connectivity index (χ1) is 18.2. The molecule has 39 heavy (non-hydrogen) atoms. The average molecular weight is 551 g/mol. The highest BCUT2D eigenvalue weighted by Gasteiger charge is 2.27. The van der Waals surface area contributed by atoms with Gasteiger partial charge in [0, 0.05) is 37.9 Å². The number of rotatable bonds is 11. The standard InChI is InChI=1S/C29H38N6O2S.CH4/c1-20(2)9-8-14-30-27(36)18-34(26-15-23(13-12-21(26)3)29-32-31-22(4)38-29)19-28(37)33(5)35-16-24-10-6-7-11-25(24)17-35;/h6-7,10-13,15,20H,8-9,14,16-19H2,1-5H3,(H,30,36);1H4. The summed E-state index contributed by atoms with van der Waals surface area (Å²) in [6.07, 6.45) is 2.00. The van der Waals surface area contributed by atoms with Crippen molar-refractivity contribution in [1.29, 1.82) is 0 Å². The van der Waals surface area contributed by atoms with Crippen LogP contribution in [0.2, 0.25) is 0 Å². The van der Waals surface area contributed by atoms with Crippen LogP contribution in [0.5, 0.6) is 0 Å². The van der Waals surface area contributed by atoms with Crippen molar-refractivity contribution in [2.45, 2.75) is 61.1 Å². The van der Waals surface area contributed by atoms with E-state index >= 15 is 0 Å². The summed E-state index contributed by atoms with van der Waals surface area (Å²) < 4.78 is 0. The highest BCUT2D eigenvalue weighted by molar-refractivity contribution is 7.14. The number of nitrogens with one attached hydrogen (secondary N) is 1. The van der Waals surface area contributed by atoms with Crippen molar-refractivity contribution in [1.82, 2.24) is 25.5 Å². The van der Waals surface area contributed by atoms with Gasteiger partial charge in [0.05, 0.1) is 13.1 Å². The van der Waals surface area contributed by atoms with Gasteiger partial charge in [-0.05, 0) is 55.4 Å². The van der Waals surface area contributed by atoms with E-state index in [0.717, 1.165) is 39.7 Å². The van der Waals surface area contributed by atoms with Crippen LogP contribution in [0, 0.1) is 19.8 Å². The molecule has 1 aliphatic heterocycles. The van der Waals surface area contributed by atoms with Crippen molar-refractivity contribution < 1.29 is 9.59 Å². The molecular weight excluding hydrogens is 508 g/mol. The molecular formula is C30H42N6O2S. The van der Waals surface area contributed by atoms with Crippen LogP contribution in [-0.2, 0) is 22.7 Å². The molecule has 0 atom stereocenters. The Bertz CT molecular complexity index is 1250. The minimum absolute atomic E-state index is 0. The van der Waals surface area contributed by atoms with E-state index in [1.807, 2.05) is 61.1 Å². The third-order valence-electron chi connectivity index (χ3n) is 6.87. The zero-order chi connectivity index (χ0) is 27.2. The highest BCUT2D eigenvalue weighted by Crippen LogP contribution is 2.30. The second-order valence-corrected chi connectivity index (χ2v) is 11.6. The van der Waals surface area contributed by atoms with Crippen LogP contribution >= 0.6 is 11.3 Å². The normalized spacial score (nSPS) is 12.7. The Hall–Kier alpha value is -3.30. The number of hydrazine groups is 1. The molecule has 0 spiro atoms. The zero-order valence-electron chi connectivity index (χ0n) is 23.0. The second kappa shape index (κ2) is 13.7. The van der Waals surface area contributed by atoms with Gasteiger partial charge in [0.25, 0.3) is 5.91 Å². The quantitative estimate of drug-likeness (QED) is 0.330. The molecule has 1 aliphatic rings. The third kappa shape index (κ3) is 7.86. The fraction of sp³-hybridized carbons (Fsp3) is 0.467. The summed E-state index contributed by atoms with van der Waals surface area (Å²) >= 11 is 1.52. The van der Waals surface area contributed by atoms with Crippen molar-refractivity contribution in [3.63, 3.8) is 0 Å². The van der Waals surface area contributed by atoms with E-state index in [0.29, 0.717) is 25.6 Å². The summed E-state index contributed by atoms with van der Waals surface area (Å²) in [7, 11) is 1.81. The molecule has 8 nitrogen and oxygen atoms in total. The maximum atomic E-state index is 13.5. The number of carbonyl (C=O) groups excluding carboxylic acids is 2. The summed E-state index contributed by atoms with van der Waals surface area (Å²) in [6.45, 7) is 10.5. The third-order valence-corrected chi connectivity index (χ3v) is 7.76. The number of benzene rings is 2. The van der Waals surface area contributed by atoms with Gasteiger partial charge < -0.3 is 10.2 Å². The number of aromatic nitrogens is 2. The van der Waals surface area contributed by atoms with Gasteiger partial charge in [0.1, 0.15) is 10.0 Å². The van der Waals surface area contributed by atoms with E-state index in [-0.39, 0.29) is 32.3 Å². The predicted molar refractivity (Wildman–Crippen MR) is 159 cm³/mol. The lowest BCUT2D eigenvalue weighted by atomic mass is 10.1. The monoisotopic (exact) mass is 550 g/mol. The summed E-state index contributed by atoms with van der Waals surface area (Å²) in [5, 5.41) is 16.9. The van der Waals surface area contributed by atoms with E-state index in [9.17, 15) is 9.59 Å². The lowest BCUT2D eigenvalue weighted by Gasteiger charge is -2.32. The van der Waals surface area contributed by atoms with Crippen molar-refractivity contribution in [3.05, 3.63) is 64.2 Å². The van der Waals surface area contributed by atoms with Crippen molar-refractivity contribution in [2.75, 3.05) is 31.6 Å². The molecule has 0 bridgehead atoms. The molecule has 0 radical (unpaired) electrons. The second-order valence-electron chi connectivity index (χ2n) is 10.4. The van der Waals surface area contributed by atoms with Gasteiger partial charge >= 0.3 is 0 Å². The number of amides is 2. The van der Waals surface area contributed by atoms with Crippen molar-refractivity contribution in [2.24, 2.45) is 5.92 Å². The number of likely N-dealkylation sites (N-methyl/N-ethyl adjacent to an activating group) is 1. The van der Waals surface area contributed by atoms with Crippen LogP contribution in [0.15, 0.2) is 42.5 Å². The van der Waals surface area contributed by atoms with E-state index in [2.05, 4.69) is 41.5 Å². The lowest BCUT2D eigenvalue weighted by Crippen LogP contribution is -2.48. The molecule has 0 saturated carbocycles. The summed E-state index contributed by atoms with van der Waals surface area (Å²) in [6, 6.07) is 14.3. The number of anilines is 1. The van der Waals surface area contributed by atoms with Crippen LogP contribution < -0.4 is 10.2 Å². The molecule has 2 aromatic carbocycles. The van der Waals surface area contributed by atoms with Crippen LogP contribution in [0.25, 0.3) is 10.6 Å². The van der Waals surface area contributed by atoms with Crippen LogP contribution in [0.1, 0.15) is 55.8 Å². The SMILES string of the molecule is C.Cc1nnc(-c2ccc(C)c(N(CC(=O)NCCCC(C)C)CC(=O)N(C)N3Cc4ccccc4C3)c2)s1. The Balaban J connectivity index is 0.00000420. The first kappa shape index (κ1) is 30.2. The molecule has 1 aromatic heterocycles. The van der Waals surface area contributed by atoms with Gasteiger partial charge in [0.15, 0.2) is 0 Å². The zero-order valence-corrected chi connectivity index (χ0v) is 23.8. The molecule has 2 heterocycles. The van der Waals surface area contributed by atoms with Gasteiger partial charge in [-0.25, -0.2) is 5.01 Å². The Morgan fingerprint density at radius 3 is 2.36 bits per heavy atom. The molecule has 1 N–H and O–H groups in total. The molecule has 3 aromatic rings. The van der Waals surface area contributed by atoms with Gasteiger partial charge in [-0.2, -0.15) is 0 Å². The van der Waals surface area contributed by atoms with Gasteiger partial charge in [-0.1, -0.05) is 69.0 Å². The minimum Gasteiger partial charge on any atom is -0.355 e. The maximum absolute atomic E-state index is 13.5. The lowest BCUT2D eigenvalue weighted by molar-refractivity contribution is -0.145. The predicted octanol–water partition coefficient (Wildman–Crippen LogP) is 5.21. The molecule has 9 heteroatoms. The van der Waals surface area contributed by atoms with E-state index in [1.165, 1.54) is 22.5 Å². The maximum Gasteiger partial charge on any atom is 0.256 e. The summed E-state index contributed by atoms with van der Waals surface area (Å²) in [5.74, 6) is 0.444. The number of aryl methyl sites for hydroxylation is 2. The Morgan fingerprint density at radius 2 is 1.74 bits per heavy atom. The highest BCUT2D eigenvalue weighted by atomic mass is 32.1. The fourth-order valence-corrected chi connectivity index (χ4v) is 5.33. The van der Waals surface area contributed by atoms with Gasteiger partial charge in [-0.3, -0.25) is 14.6 Å². The molecule has 0 fully saturated rings. The number of carbonyl (C=O) groups is 2. The molecule has 2 amide bonds. The number of hydrogen-bond acceptors (Lipinski definition) is 7. The Kier molecular flexibility index (Phi) is 10.6. The van der Waals surface area contributed by atoms with Crippen LogP contribution in [0.3, 0.4) is 0 Å². The largest absolute Gasteiger partial charge is 0.355 e. The van der Waals surface area contributed by atoms with Crippen molar-refractivity contribution >= 4 is 28.8 Å². The molecule has 4 rings (SSSR count). The smallest absolute Gasteiger partial charge is 0.256 e. The van der Waals surface area contributed by atoms with Gasteiger partial charge in [0.2, 0.25) is 5.91 Å². The fourth-order valence-electron chi connectivity index (χ4n) is 4.64. The summed E-state index contributed by atoms with van der Waals surface area (Å²) in [5.41, 5.74) is 5.24. The molecule has 0 saturated heterocycles. The van der Waals surface area contributed by atoms with Crippen LogP contribution in [-0.4, -0.2) is 58.7 Å². The molecule has 210 valence electrons. The Labute approximate surface area is 237 Å². The first-order valence-electron chi connectivity index (χ1n) is 13.2. The number of nitrogens with zero attached hydrogens (tertiary/aromatic N) is 5. The average Bonchev–Trinajstić information content (AvgIpc) is 3.52. The minimum atomic E-state index is -0.0886. The Morgan fingerprint density at radius 1 is 1.05 bits per heavy atom. The van der Waals surface area contributed by atoms with Gasteiger partial charge in [-0.15, -0.1) is 10.2 Å². The topological polar surface area (TPSA) is 81.7 Å². The van der Waals surface area contributed by atoms with E-state index in [4.69, 9.17) is 0 Å². The number of fused-ring (bicyclic) bond motifs is 1.